The zero-order valence-electron chi connectivity index (χ0n) is 7.82. The van der Waals surface area contributed by atoms with Crippen molar-refractivity contribution < 1.29 is 22.7 Å². The number of rotatable bonds is 3. The molecule has 0 unspecified atom stereocenters. The molecule has 0 heterocycles. The van der Waals surface area contributed by atoms with E-state index in [2.05, 4.69) is 5.32 Å². The van der Waals surface area contributed by atoms with Gasteiger partial charge in [0.1, 0.15) is 5.69 Å². The van der Waals surface area contributed by atoms with E-state index in [9.17, 15) is 17.6 Å². The molecule has 0 saturated heterocycles. The minimum atomic E-state index is -1.51. The fraction of sp³-hybridized carbons (Fsp3) is 0.333. The lowest BCUT2D eigenvalue weighted by Crippen LogP contribution is -2.17. The predicted octanol–water partition coefficient (Wildman–Crippen LogP) is 2.04. The first-order valence-electron chi connectivity index (χ1n) is 4.18. The minimum Gasteiger partial charge on any atom is -0.392 e. The van der Waals surface area contributed by atoms with E-state index in [0.29, 0.717) is 0 Å². The lowest BCUT2D eigenvalue weighted by molar-refractivity contribution is 0.208. The van der Waals surface area contributed by atoms with Crippen molar-refractivity contribution in [3.8, 4) is 0 Å². The maximum Gasteiger partial charge on any atom is 0.185 e. The van der Waals surface area contributed by atoms with Gasteiger partial charge in [-0.1, -0.05) is 0 Å². The Morgan fingerprint density at radius 2 is 1.67 bits per heavy atom. The first-order valence-corrected chi connectivity index (χ1v) is 4.18. The van der Waals surface area contributed by atoms with Gasteiger partial charge in [-0.3, -0.25) is 0 Å². The Bertz CT molecular complexity index is 341. The summed E-state index contributed by atoms with van der Waals surface area (Å²) in [6.45, 7) is 1.15. The number of aliphatic hydroxyl groups excluding tert-OH is 1. The molecule has 2 nitrogen and oxygen atoms in total. The summed E-state index contributed by atoms with van der Waals surface area (Å²) in [5, 5.41) is 10.9. The highest BCUT2D eigenvalue weighted by Crippen LogP contribution is 2.23. The van der Waals surface area contributed by atoms with Crippen molar-refractivity contribution in [2.24, 2.45) is 0 Å². The third kappa shape index (κ3) is 2.59. The molecular weight excluding hydrogens is 214 g/mol. The monoisotopic (exact) mass is 223 g/mol. The summed E-state index contributed by atoms with van der Waals surface area (Å²) in [7, 11) is 0. The molecule has 0 fully saturated rings. The van der Waals surface area contributed by atoms with E-state index in [1.54, 1.807) is 0 Å². The maximum absolute atomic E-state index is 13.0. The van der Waals surface area contributed by atoms with Crippen LogP contribution >= 0.6 is 0 Å². The number of nitrogens with one attached hydrogen (secondary N) is 1. The van der Waals surface area contributed by atoms with Crippen LogP contribution < -0.4 is 5.32 Å². The summed E-state index contributed by atoms with van der Waals surface area (Å²) >= 11 is 0. The Morgan fingerprint density at radius 3 is 2.07 bits per heavy atom. The van der Waals surface area contributed by atoms with Gasteiger partial charge in [0.25, 0.3) is 0 Å². The molecule has 1 aromatic carbocycles. The van der Waals surface area contributed by atoms with Gasteiger partial charge in [0.2, 0.25) is 0 Å². The molecule has 0 aliphatic carbocycles. The van der Waals surface area contributed by atoms with Crippen molar-refractivity contribution in [1.29, 1.82) is 0 Å². The number of halogens is 4. The van der Waals surface area contributed by atoms with Crippen molar-refractivity contribution >= 4 is 5.69 Å². The average Bonchev–Trinajstić information content (AvgIpc) is 2.14. The summed E-state index contributed by atoms with van der Waals surface area (Å²) in [6.07, 6.45) is -0.893. The van der Waals surface area contributed by atoms with Crippen LogP contribution in [-0.2, 0) is 0 Å². The number of anilines is 1. The zero-order valence-corrected chi connectivity index (χ0v) is 7.82. The van der Waals surface area contributed by atoms with Gasteiger partial charge in [0.15, 0.2) is 23.3 Å². The maximum atomic E-state index is 13.0. The summed E-state index contributed by atoms with van der Waals surface area (Å²) in [6, 6.07) is 0.123. The molecule has 6 heteroatoms. The third-order valence-electron chi connectivity index (χ3n) is 1.69. The molecular formula is C9H9F4NO. The Balaban J connectivity index is 3.04. The Morgan fingerprint density at radius 1 is 1.20 bits per heavy atom. The number of benzene rings is 1. The quantitative estimate of drug-likeness (QED) is 0.607. The van der Waals surface area contributed by atoms with Crippen LogP contribution in [0.1, 0.15) is 6.92 Å². The van der Waals surface area contributed by atoms with Crippen molar-refractivity contribution in [2.45, 2.75) is 13.0 Å². The molecule has 1 aromatic rings. The van der Waals surface area contributed by atoms with Crippen molar-refractivity contribution in [3.05, 3.63) is 29.3 Å². The second-order valence-electron chi connectivity index (χ2n) is 3.07. The second kappa shape index (κ2) is 4.48. The van der Waals surface area contributed by atoms with Crippen LogP contribution in [0.3, 0.4) is 0 Å². The number of hydrogen-bond donors (Lipinski definition) is 2. The van der Waals surface area contributed by atoms with E-state index in [1.807, 2.05) is 0 Å². The van der Waals surface area contributed by atoms with Crippen LogP contribution in [-0.4, -0.2) is 17.8 Å². The van der Waals surface area contributed by atoms with Crippen molar-refractivity contribution in [3.63, 3.8) is 0 Å². The van der Waals surface area contributed by atoms with Crippen LogP contribution in [0.2, 0.25) is 0 Å². The molecule has 0 amide bonds. The highest BCUT2D eigenvalue weighted by atomic mass is 19.2. The molecule has 1 atom stereocenters. The lowest BCUT2D eigenvalue weighted by Gasteiger charge is -2.11. The fourth-order valence-electron chi connectivity index (χ4n) is 0.978. The average molecular weight is 223 g/mol. The Labute approximate surface area is 83.5 Å². The standard InChI is InChI=1S/C9H9F4NO/c1-4(15)3-14-9-7(12)5(10)2-6(11)8(9)13/h2,4,14-15H,3H2,1H3/t4-/m1/s1. The van der Waals surface area contributed by atoms with Crippen molar-refractivity contribution in [1.82, 2.24) is 0 Å². The van der Waals surface area contributed by atoms with Gasteiger partial charge in [0.05, 0.1) is 6.10 Å². The van der Waals surface area contributed by atoms with E-state index in [1.165, 1.54) is 6.92 Å². The van der Waals surface area contributed by atoms with Gasteiger partial charge >= 0.3 is 0 Å². The first kappa shape index (κ1) is 11.8. The SMILES string of the molecule is C[C@@H](O)CNc1c(F)c(F)cc(F)c1F. The summed E-state index contributed by atoms with van der Waals surface area (Å²) in [4.78, 5) is 0. The van der Waals surface area contributed by atoms with Crippen LogP contribution in [0.15, 0.2) is 6.07 Å². The van der Waals surface area contributed by atoms with Crippen LogP contribution in [0, 0.1) is 23.3 Å². The zero-order chi connectivity index (χ0) is 11.6. The normalized spacial score (nSPS) is 12.7. The number of hydrogen-bond acceptors (Lipinski definition) is 2. The molecule has 84 valence electrons. The van der Waals surface area contributed by atoms with Crippen LogP contribution in [0.5, 0.6) is 0 Å². The van der Waals surface area contributed by atoms with Gasteiger partial charge < -0.3 is 10.4 Å². The second-order valence-corrected chi connectivity index (χ2v) is 3.07. The fourth-order valence-corrected chi connectivity index (χ4v) is 0.978. The van der Waals surface area contributed by atoms with E-state index < -0.39 is 35.1 Å². The molecule has 2 N–H and O–H groups in total. The van der Waals surface area contributed by atoms with E-state index in [0.717, 1.165) is 0 Å². The van der Waals surface area contributed by atoms with Gasteiger partial charge in [-0.05, 0) is 6.92 Å². The molecule has 0 radical (unpaired) electrons. The van der Waals surface area contributed by atoms with Crippen LogP contribution in [0.4, 0.5) is 23.2 Å². The van der Waals surface area contributed by atoms with E-state index in [-0.39, 0.29) is 12.6 Å². The highest BCUT2D eigenvalue weighted by molar-refractivity contribution is 5.47. The molecule has 0 aliphatic rings. The Kier molecular flexibility index (Phi) is 3.52. The van der Waals surface area contributed by atoms with Gasteiger partial charge in [-0.2, -0.15) is 0 Å². The summed E-state index contributed by atoms with van der Waals surface area (Å²) in [5.41, 5.74) is -0.909. The van der Waals surface area contributed by atoms with Crippen LogP contribution in [0.25, 0.3) is 0 Å². The molecule has 0 aliphatic heterocycles. The lowest BCUT2D eigenvalue weighted by atomic mass is 10.2. The molecule has 0 spiro atoms. The smallest absolute Gasteiger partial charge is 0.185 e. The van der Waals surface area contributed by atoms with E-state index >= 15 is 0 Å². The molecule has 0 aromatic heterocycles. The topological polar surface area (TPSA) is 32.3 Å². The highest BCUT2D eigenvalue weighted by Gasteiger charge is 2.18. The molecule has 0 bridgehead atoms. The minimum absolute atomic E-state index is 0.123. The van der Waals surface area contributed by atoms with Gasteiger partial charge in [-0.15, -0.1) is 0 Å². The van der Waals surface area contributed by atoms with Gasteiger partial charge in [-0.25, -0.2) is 17.6 Å². The van der Waals surface area contributed by atoms with Crippen molar-refractivity contribution in [2.75, 3.05) is 11.9 Å². The molecule has 15 heavy (non-hydrogen) atoms. The summed E-state index contributed by atoms with van der Waals surface area (Å²) < 4.78 is 51.3. The molecule has 0 saturated carbocycles. The predicted molar refractivity (Wildman–Crippen MR) is 46.4 cm³/mol. The summed E-state index contributed by atoms with van der Waals surface area (Å²) in [5.74, 6) is -5.98. The van der Waals surface area contributed by atoms with Gasteiger partial charge in [0, 0.05) is 12.6 Å². The number of aliphatic hydroxyl groups is 1. The molecule has 1 rings (SSSR count). The Hall–Kier alpha value is -1.30. The third-order valence-corrected chi connectivity index (χ3v) is 1.69. The van der Waals surface area contributed by atoms with E-state index in [4.69, 9.17) is 5.11 Å². The largest absolute Gasteiger partial charge is 0.392 e. The first-order chi connectivity index (χ1) is 6.93.